The van der Waals surface area contributed by atoms with Gasteiger partial charge in [-0.2, -0.15) is 0 Å². The molecule has 1 saturated heterocycles. The number of benzene rings is 2. The Morgan fingerprint density at radius 3 is 1.69 bits per heavy atom. The fourth-order valence-corrected chi connectivity index (χ4v) is 3.35. The Morgan fingerprint density at radius 2 is 1.24 bits per heavy atom. The summed E-state index contributed by atoms with van der Waals surface area (Å²) < 4.78 is 10.0. The second kappa shape index (κ2) is 8.14. The first-order valence-electron chi connectivity index (χ1n) is 8.90. The molecule has 0 bridgehead atoms. The minimum Gasteiger partial charge on any atom is -0.444 e. The molecule has 1 heterocycles. The first-order chi connectivity index (χ1) is 13.9. The highest BCUT2D eigenvalue weighted by atomic mass is 16.6. The lowest BCUT2D eigenvalue weighted by Crippen LogP contribution is -2.49. The lowest BCUT2D eigenvalue weighted by atomic mass is 9.81. The third-order valence-electron chi connectivity index (χ3n) is 4.60. The molecular formula is C21H20N2O6. The Bertz CT molecular complexity index is 889. The van der Waals surface area contributed by atoms with E-state index in [4.69, 9.17) is 9.47 Å². The van der Waals surface area contributed by atoms with Gasteiger partial charge >= 0.3 is 18.0 Å². The summed E-state index contributed by atoms with van der Waals surface area (Å²) in [6, 6.07) is 16.7. The predicted molar refractivity (Wildman–Crippen MR) is 101 cm³/mol. The standard InChI is InChI=1S/C21H20N2O6/c1-15(24)28-13-22-19(26)21(17-9-5-3-6-10-17,18-11-7-4-8-12-18)23(20(22)27)14-29-16(2)25/h3-12H,13-14H2,1-2H3. The molecule has 1 aliphatic rings. The zero-order valence-corrected chi connectivity index (χ0v) is 16.0. The summed E-state index contributed by atoms with van der Waals surface area (Å²) in [5.41, 5.74) is -0.543. The van der Waals surface area contributed by atoms with E-state index in [1.165, 1.54) is 18.7 Å². The van der Waals surface area contributed by atoms with E-state index in [0.717, 1.165) is 4.90 Å². The van der Waals surface area contributed by atoms with Crippen molar-refractivity contribution in [1.29, 1.82) is 0 Å². The van der Waals surface area contributed by atoms with Crippen LogP contribution in [0, 0.1) is 0 Å². The van der Waals surface area contributed by atoms with Gasteiger partial charge in [-0.3, -0.25) is 19.3 Å². The maximum Gasteiger partial charge on any atom is 0.333 e. The molecule has 2 aromatic carbocycles. The number of esters is 2. The van der Waals surface area contributed by atoms with Crippen LogP contribution in [0.5, 0.6) is 0 Å². The lowest BCUT2D eigenvalue weighted by molar-refractivity contribution is -0.150. The smallest absolute Gasteiger partial charge is 0.333 e. The predicted octanol–water partition coefficient (Wildman–Crippen LogP) is 2.24. The summed E-state index contributed by atoms with van der Waals surface area (Å²) in [6.07, 6.45) is 0. The highest BCUT2D eigenvalue weighted by molar-refractivity contribution is 6.09. The second-order valence-electron chi connectivity index (χ2n) is 6.42. The molecule has 1 aliphatic heterocycles. The minimum atomic E-state index is -1.57. The number of urea groups is 1. The molecule has 0 N–H and O–H groups in total. The van der Waals surface area contributed by atoms with Gasteiger partial charge in [0.2, 0.25) is 0 Å². The molecule has 0 atom stereocenters. The molecule has 1 fully saturated rings. The molecule has 0 radical (unpaired) electrons. The molecule has 150 valence electrons. The SMILES string of the molecule is CC(=O)OCN1C(=O)N(COC(C)=O)C(c2ccccc2)(c2ccccc2)C1=O. The van der Waals surface area contributed by atoms with Crippen LogP contribution in [-0.4, -0.2) is 47.1 Å². The van der Waals surface area contributed by atoms with Crippen LogP contribution >= 0.6 is 0 Å². The molecule has 2 aromatic rings. The van der Waals surface area contributed by atoms with E-state index in [2.05, 4.69) is 0 Å². The van der Waals surface area contributed by atoms with E-state index in [1.807, 2.05) is 0 Å². The van der Waals surface area contributed by atoms with Crippen LogP contribution in [0.3, 0.4) is 0 Å². The molecule has 3 rings (SSSR count). The van der Waals surface area contributed by atoms with E-state index < -0.39 is 42.9 Å². The van der Waals surface area contributed by atoms with Crippen molar-refractivity contribution in [3.63, 3.8) is 0 Å². The number of carbonyl (C=O) groups excluding carboxylic acids is 4. The van der Waals surface area contributed by atoms with Gasteiger partial charge in [0.25, 0.3) is 5.91 Å². The summed E-state index contributed by atoms with van der Waals surface area (Å²) in [5, 5.41) is 0. The van der Waals surface area contributed by atoms with Crippen molar-refractivity contribution in [2.75, 3.05) is 13.5 Å². The summed E-state index contributed by atoms with van der Waals surface area (Å²) in [7, 11) is 0. The van der Waals surface area contributed by atoms with Gasteiger partial charge in [-0.25, -0.2) is 9.69 Å². The monoisotopic (exact) mass is 396 g/mol. The molecule has 0 unspecified atom stereocenters. The van der Waals surface area contributed by atoms with E-state index in [1.54, 1.807) is 60.7 Å². The second-order valence-corrected chi connectivity index (χ2v) is 6.42. The number of imide groups is 1. The number of nitrogens with zero attached hydrogens (tertiary/aromatic N) is 2. The van der Waals surface area contributed by atoms with E-state index >= 15 is 0 Å². The third kappa shape index (κ3) is 3.56. The first-order valence-corrected chi connectivity index (χ1v) is 8.90. The van der Waals surface area contributed by atoms with Crippen LogP contribution in [0.2, 0.25) is 0 Å². The van der Waals surface area contributed by atoms with Gasteiger partial charge in [0.15, 0.2) is 19.0 Å². The first kappa shape index (κ1) is 20.1. The van der Waals surface area contributed by atoms with Crippen LogP contribution < -0.4 is 0 Å². The molecule has 8 nitrogen and oxygen atoms in total. The Labute approximate surface area is 167 Å². The zero-order chi connectivity index (χ0) is 21.0. The normalized spacial score (nSPS) is 15.4. The van der Waals surface area contributed by atoms with Crippen molar-refractivity contribution in [2.45, 2.75) is 19.4 Å². The number of amides is 3. The number of carbonyl (C=O) groups is 4. The molecule has 0 aromatic heterocycles. The summed E-state index contributed by atoms with van der Waals surface area (Å²) in [6.45, 7) is 1.42. The van der Waals surface area contributed by atoms with Crippen LogP contribution in [0.15, 0.2) is 60.7 Å². The highest BCUT2D eigenvalue weighted by Gasteiger charge is 2.60. The summed E-state index contributed by atoms with van der Waals surface area (Å²) >= 11 is 0. The fraction of sp³-hybridized carbons (Fsp3) is 0.238. The summed E-state index contributed by atoms with van der Waals surface area (Å²) in [4.78, 5) is 51.5. The van der Waals surface area contributed by atoms with Crippen LogP contribution in [-0.2, 0) is 29.4 Å². The van der Waals surface area contributed by atoms with E-state index in [-0.39, 0.29) is 0 Å². The van der Waals surface area contributed by atoms with Gasteiger partial charge in [-0.05, 0) is 11.1 Å². The molecule has 3 amide bonds. The van der Waals surface area contributed by atoms with Gasteiger partial charge in [-0.15, -0.1) is 0 Å². The average Bonchev–Trinajstić information content (AvgIpc) is 2.93. The Kier molecular flexibility index (Phi) is 5.63. The van der Waals surface area contributed by atoms with Crippen LogP contribution in [0.1, 0.15) is 25.0 Å². The van der Waals surface area contributed by atoms with Crippen LogP contribution in [0.25, 0.3) is 0 Å². The maximum absolute atomic E-state index is 13.6. The number of hydrogen-bond acceptors (Lipinski definition) is 6. The quantitative estimate of drug-likeness (QED) is 0.549. The van der Waals surface area contributed by atoms with Crippen molar-refractivity contribution < 1.29 is 28.7 Å². The van der Waals surface area contributed by atoms with Gasteiger partial charge in [-0.1, -0.05) is 60.7 Å². The summed E-state index contributed by atoms with van der Waals surface area (Å²) in [5.74, 6) is -1.83. The zero-order valence-electron chi connectivity index (χ0n) is 16.0. The van der Waals surface area contributed by atoms with Crippen LogP contribution in [0.4, 0.5) is 4.79 Å². The number of rotatable bonds is 6. The van der Waals surface area contributed by atoms with Gasteiger partial charge in [0, 0.05) is 13.8 Å². The number of ether oxygens (including phenoxy) is 2. The van der Waals surface area contributed by atoms with Gasteiger partial charge < -0.3 is 9.47 Å². The van der Waals surface area contributed by atoms with E-state index in [0.29, 0.717) is 11.1 Å². The Balaban J connectivity index is 2.20. The maximum atomic E-state index is 13.6. The van der Waals surface area contributed by atoms with Crippen molar-refractivity contribution in [1.82, 2.24) is 9.80 Å². The molecule has 0 saturated carbocycles. The van der Waals surface area contributed by atoms with Crippen molar-refractivity contribution >= 4 is 23.9 Å². The third-order valence-corrected chi connectivity index (χ3v) is 4.60. The van der Waals surface area contributed by atoms with Crippen molar-refractivity contribution in [3.05, 3.63) is 71.8 Å². The lowest BCUT2D eigenvalue weighted by Gasteiger charge is -2.35. The average molecular weight is 396 g/mol. The molecule has 0 spiro atoms. The van der Waals surface area contributed by atoms with E-state index in [9.17, 15) is 19.2 Å². The highest BCUT2D eigenvalue weighted by Crippen LogP contribution is 2.43. The molecular weight excluding hydrogens is 376 g/mol. The molecule has 29 heavy (non-hydrogen) atoms. The van der Waals surface area contributed by atoms with Gasteiger partial charge in [0.1, 0.15) is 0 Å². The van der Waals surface area contributed by atoms with Gasteiger partial charge in [0.05, 0.1) is 0 Å². The Hall–Kier alpha value is -3.68. The topological polar surface area (TPSA) is 93.2 Å². The fourth-order valence-electron chi connectivity index (χ4n) is 3.35. The van der Waals surface area contributed by atoms with Crippen molar-refractivity contribution in [3.8, 4) is 0 Å². The van der Waals surface area contributed by atoms with Crippen molar-refractivity contribution in [2.24, 2.45) is 0 Å². The molecule has 8 heteroatoms. The largest absolute Gasteiger partial charge is 0.444 e. The molecule has 0 aliphatic carbocycles. The minimum absolute atomic E-state index is 0.444. The number of hydrogen-bond donors (Lipinski definition) is 0. The Morgan fingerprint density at radius 1 is 0.793 bits per heavy atom.